The molecule has 3 aromatic rings. The van der Waals surface area contributed by atoms with Crippen molar-refractivity contribution in [2.45, 2.75) is 32.2 Å². The van der Waals surface area contributed by atoms with Gasteiger partial charge in [-0.3, -0.25) is 9.36 Å². The van der Waals surface area contributed by atoms with Crippen LogP contribution in [0.4, 0.5) is 0 Å². The molecular weight excluding hydrogens is 312 g/mol. The van der Waals surface area contributed by atoms with Gasteiger partial charge in [0.25, 0.3) is 0 Å². The number of pyridine rings is 1. The number of benzene rings is 1. The zero-order valence-electron chi connectivity index (χ0n) is 14.5. The lowest BCUT2D eigenvalue weighted by Gasteiger charge is -2.24. The highest BCUT2D eigenvalue weighted by Gasteiger charge is 2.23. The molecule has 0 fully saturated rings. The van der Waals surface area contributed by atoms with Gasteiger partial charge in [-0.2, -0.15) is 0 Å². The first-order valence-corrected chi connectivity index (χ1v) is 8.30. The number of carbonyl (C=O) groups excluding carboxylic acids is 1. The highest BCUT2D eigenvalue weighted by molar-refractivity contribution is 5.77. The van der Waals surface area contributed by atoms with Crippen molar-refractivity contribution in [1.82, 2.24) is 19.9 Å². The second kappa shape index (κ2) is 7.30. The van der Waals surface area contributed by atoms with Gasteiger partial charge in [0.1, 0.15) is 12.1 Å². The summed E-state index contributed by atoms with van der Waals surface area (Å²) < 4.78 is 1.84. The van der Waals surface area contributed by atoms with Crippen molar-refractivity contribution in [2.24, 2.45) is 0 Å². The first-order valence-electron chi connectivity index (χ1n) is 8.30. The highest BCUT2D eigenvalue weighted by atomic mass is 16.1. The van der Waals surface area contributed by atoms with E-state index < -0.39 is 0 Å². The third kappa shape index (κ3) is 4.32. The third-order valence-corrected chi connectivity index (χ3v) is 4.23. The number of aromatic nitrogens is 3. The Morgan fingerprint density at radius 2 is 1.96 bits per heavy atom. The molecule has 0 aliphatic heterocycles. The molecule has 5 nitrogen and oxygen atoms in total. The Morgan fingerprint density at radius 1 is 1.16 bits per heavy atom. The van der Waals surface area contributed by atoms with Crippen LogP contribution in [-0.4, -0.2) is 20.4 Å². The van der Waals surface area contributed by atoms with Gasteiger partial charge in [-0.25, -0.2) is 9.97 Å². The van der Waals surface area contributed by atoms with Gasteiger partial charge in [0, 0.05) is 31.6 Å². The summed E-state index contributed by atoms with van der Waals surface area (Å²) in [7, 11) is 0. The number of amides is 1. The summed E-state index contributed by atoms with van der Waals surface area (Å²) in [4.78, 5) is 20.7. The molecule has 25 heavy (non-hydrogen) atoms. The molecule has 0 aliphatic carbocycles. The molecule has 2 aromatic heterocycles. The van der Waals surface area contributed by atoms with E-state index in [9.17, 15) is 4.79 Å². The van der Waals surface area contributed by atoms with Crippen LogP contribution < -0.4 is 5.32 Å². The lowest BCUT2D eigenvalue weighted by atomic mass is 9.81. The van der Waals surface area contributed by atoms with Gasteiger partial charge >= 0.3 is 0 Å². The summed E-state index contributed by atoms with van der Waals surface area (Å²) in [6, 6.07) is 14.0. The highest BCUT2D eigenvalue weighted by Crippen LogP contribution is 2.26. The van der Waals surface area contributed by atoms with E-state index in [1.54, 1.807) is 18.7 Å². The molecule has 3 rings (SSSR count). The summed E-state index contributed by atoms with van der Waals surface area (Å²) in [6.07, 6.45) is 7.48. The molecule has 0 saturated carbocycles. The van der Waals surface area contributed by atoms with Crippen molar-refractivity contribution in [3.8, 4) is 5.82 Å². The van der Waals surface area contributed by atoms with E-state index in [1.807, 2.05) is 41.1 Å². The van der Waals surface area contributed by atoms with Crippen LogP contribution in [-0.2, 0) is 16.8 Å². The molecule has 0 unspecified atom stereocenters. The lowest BCUT2D eigenvalue weighted by Crippen LogP contribution is -2.30. The molecule has 5 heteroatoms. The smallest absolute Gasteiger partial charge is 0.221 e. The molecule has 0 saturated heterocycles. The first-order chi connectivity index (χ1) is 12.0. The minimum absolute atomic E-state index is 0.0348. The number of nitrogens with one attached hydrogen (secondary N) is 1. The van der Waals surface area contributed by atoms with Crippen molar-refractivity contribution in [2.75, 3.05) is 0 Å². The molecule has 2 heterocycles. The van der Waals surface area contributed by atoms with Gasteiger partial charge in [-0.15, -0.1) is 0 Å². The normalized spacial score (nSPS) is 11.3. The Labute approximate surface area is 147 Å². The van der Waals surface area contributed by atoms with E-state index in [-0.39, 0.29) is 11.3 Å². The van der Waals surface area contributed by atoms with Crippen molar-refractivity contribution >= 4 is 5.91 Å². The largest absolute Gasteiger partial charge is 0.352 e. The molecule has 0 spiro atoms. The zero-order valence-corrected chi connectivity index (χ0v) is 14.5. The lowest BCUT2D eigenvalue weighted by molar-refractivity contribution is -0.122. The predicted octanol–water partition coefficient (Wildman–Crippen LogP) is 3.25. The zero-order chi connectivity index (χ0) is 17.7. The van der Waals surface area contributed by atoms with Crippen LogP contribution in [0.2, 0.25) is 0 Å². The van der Waals surface area contributed by atoms with Crippen molar-refractivity contribution in [1.29, 1.82) is 0 Å². The molecule has 1 amide bonds. The molecule has 0 radical (unpaired) electrons. The van der Waals surface area contributed by atoms with Gasteiger partial charge < -0.3 is 5.32 Å². The fourth-order valence-corrected chi connectivity index (χ4v) is 2.72. The molecule has 1 aromatic carbocycles. The van der Waals surface area contributed by atoms with E-state index >= 15 is 0 Å². The quantitative estimate of drug-likeness (QED) is 0.753. The van der Waals surface area contributed by atoms with Crippen LogP contribution in [0.1, 0.15) is 31.4 Å². The maximum atomic E-state index is 12.3. The standard InChI is InChI=1S/C20H22N4O/c1-20(2,17-6-4-3-5-7-17)12-19(25)23-14-16-8-9-18(22-13-16)24-11-10-21-15-24/h3-11,13,15H,12,14H2,1-2H3,(H,23,25). The van der Waals surface area contributed by atoms with Crippen LogP contribution in [0.5, 0.6) is 0 Å². The number of hydrogen-bond donors (Lipinski definition) is 1. The fraction of sp³-hybridized carbons (Fsp3) is 0.250. The first kappa shape index (κ1) is 16.9. The minimum atomic E-state index is -0.200. The van der Waals surface area contributed by atoms with Crippen molar-refractivity contribution in [3.63, 3.8) is 0 Å². The number of carbonyl (C=O) groups is 1. The second-order valence-corrected chi connectivity index (χ2v) is 6.70. The minimum Gasteiger partial charge on any atom is -0.352 e. The molecule has 128 valence electrons. The van der Waals surface area contributed by atoms with Crippen molar-refractivity contribution < 1.29 is 4.79 Å². The van der Waals surface area contributed by atoms with E-state index in [2.05, 4.69) is 41.3 Å². The third-order valence-electron chi connectivity index (χ3n) is 4.23. The van der Waals surface area contributed by atoms with E-state index in [1.165, 1.54) is 0 Å². The van der Waals surface area contributed by atoms with Gasteiger partial charge in [0.05, 0.1) is 0 Å². The van der Waals surface area contributed by atoms with E-state index in [0.717, 1.165) is 16.9 Å². The average Bonchev–Trinajstić information content (AvgIpc) is 3.15. The Kier molecular flexibility index (Phi) is 4.93. The monoisotopic (exact) mass is 334 g/mol. The molecule has 0 atom stereocenters. The molecule has 0 aliphatic rings. The van der Waals surface area contributed by atoms with E-state index in [0.29, 0.717) is 13.0 Å². The van der Waals surface area contributed by atoms with Gasteiger partial charge in [0.2, 0.25) is 5.91 Å². The van der Waals surface area contributed by atoms with Crippen LogP contribution in [0.3, 0.4) is 0 Å². The molecule has 1 N–H and O–H groups in total. The van der Waals surface area contributed by atoms with Gasteiger partial charge in [-0.1, -0.05) is 50.2 Å². The topological polar surface area (TPSA) is 59.8 Å². The summed E-state index contributed by atoms with van der Waals surface area (Å²) in [6.45, 7) is 4.65. The maximum Gasteiger partial charge on any atom is 0.221 e. The van der Waals surface area contributed by atoms with Gasteiger partial charge in [0.15, 0.2) is 0 Å². The van der Waals surface area contributed by atoms with Crippen LogP contribution in [0.25, 0.3) is 5.82 Å². The summed E-state index contributed by atoms with van der Waals surface area (Å²) in [5.74, 6) is 0.838. The Balaban J connectivity index is 1.55. The summed E-state index contributed by atoms with van der Waals surface area (Å²) in [5.41, 5.74) is 1.93. The predicted molar refractivity (Wildman–Crippen MR) is 97.3 cm³/mol. The second-order valence-electron chi connectivity index (χ2n) is 6.70. The van der Waals surface area contributed by atoms with E-state index in [4.69, 9.17) is 0 Å². The fourth-order valence-electron chi connectivity index (χ4n) is 2.72. The number of rotatable bonds is 6. The summed E-state index contributed by atoms with van der Waals surface area (Å²) in [5, 5.41) is 2.98. The molecular formula is C20H22N4O. The Morgan fingerprint density at radius 3 is 2.60 bits per heavy atom. The van der Waals surface area contributed by atoms with Gasteiger partial charge in [-0.05, 0) is 22.6 Å². The number of nitrogens with zero attached hydrogens (tertiary/aromatic N) is 3. The number of imidazole rings is 1. The number of hydrogen-bond acceptors (Lipinski definition) is 3. The molecule has 0 bridgehead atoms. The van der Waals surface area contributed by atoms with Crippen LogP contribution in [0.15, 0.2) is 67.4 Å². The average molecular weight is 334 g/mol. The van der Waals surface area contributed by atoms with Crippen molar-refractivity contribution in [3.05, 3.63) is 78.5 Å². The SMILES string of the molecule is CC(C)(CC(=O)NCc1ccc(-n2ccnc2)nc1)c1ccccc1. The Bertz CT molecular complexity index is 809. The Hall–Kier alpha value is -2.95. The van der Waals surface area contributed by atoms with Crippen LogP contribution in [0, 0.1) is 0 Å². The maximum absolute atomic E-state index is 12.3. The summed E-state index contributed by atoms with van der Waals surface area (Å²) >= 11 is 0. The van der Waals surface area contributed by atoms with Crippen LogP contribution >= 0.6 is 0 Å².